The number of carboxylic acid groups (broad SMARTS) is 2. The van der Waals surface area contributed by atoms with Crippen molar-refractivity contribution in [3.05, 3.63) is 35.9 Å². The molecule has 1 aromatic carbocycles. The Hall–Kier alpha value is -5.10. The van der Waals surface area contributed by atoms with E-state index < -0.39 is 110 Å². The van der Waals surface area contributed by atoms with Gasteiger partial charge in [0.25, 0.3) is 0 Å². The molecule has 0 radical (unpaired) electrons. The van der Waals surface area contributed by atoms with Gasteiger partial charge in [0.2, 0.25) is 35.4 Å². The number of carbonyl (C=O) groups is 8. The Labute approximate surface area is 276 Å². The molecule has 2 rings (SSSR count). The van der Waals surface area contributed by atoms with E-state index in [1.165, 1.54) is 4.90 Å². The summed E-state index contributed by atoms with van der Waals surface area (Å²) in [6.45, 7) is 1.40. The number of aliphatic hydroxyl groups excluding tert-OH is 1. The highest BCUT2D eigenvalue weighted by atomic mass is 16.4. The molecule has 1 aliphatic heterocycles. The van der Waals surface area contributed by atoms with Gasteiger partial charge in [-0.2, -0.15) is 0 Å². The minimum absolute atomic E-state index is 0.0568. The SMILES string of the molecule is CC(C)[C@H](NC(=O)[C@H](Cc1ccccc1)NC(=O)[C@@H]1CCCN1C(=O)CNC(=O)CNC(=O)[C@H](CO)NC(=O)[C@@H](N)CC(=O)O)C(=O)O. The number of nitrogens with one attached hydrogen (secondary N) is 5. The molecule has 264 valence electrons. The second kappa shape index (κ2) is 18.9. The van der Waals surface area contributed by atoms with Gasteiger partial charge in [0.15, 0.2) is 0 Å². The summed E-state index contributed by atoms with van der Waals surface area (Å²) in [5.74, 6) is -7.73. The number of likely N-dealkylation sites (tertiary alicyclic amines) is 1. The van der Waals surface area contributed by atoms with Crippen LogP contribution in [0, 0.1) is 5.92 Å². The first-order chi connectivity index (χ1) is 22.6. The third kappa shape index (κ3) is 12.3. The first-order valence-corrected chi connectivity index (χ1v) is 15.2. The molecule has 1 aliphatic rings. The van der Waals surface area contributed by atoms with Gasteiger partial charge in [-0.3, -0.25) is 33.6 Å². The number of benzene rings is 1. The van der Waals surface area contributed by atoms with Crippen LogP contribution in [0.1, 0.15) is 38.7 Å². The predicted octanol–water partition coefficient (Wildman–Crippen LogP) is -3.56. The topological polar surface area (TPSA) is 287 Å². The minimum atomic E-state index is -1.52. The molecule has 10 N–H and O–H groups in total. The zero-order chi connectivity index (χ0) is 36.0. The fourth-order valence-electron chi connectivity index (χ4n) is 4.81. The molecular weight excluding hydrogens is 634 g/mol. The maximum atomic E-state index is 13.4. The molecule has 0 unspecified atom stereocenters. The van der Waals surface area contributed by atoms with E-state index in [0.29, 0.717) is 12.0 Å². The third-order valence-electron chi connectivity index (χ3n) is 7.43. The third-order valence-corrected chi connectivity index (χ3v) is 7.43. The Bertz CT molecular complexity index is 1340. The highest BCUT2D eigenvalue weighted by molar-refractivity contribution is 5.96. The Balaban J connectivity index is 1.97. The molecule has 1 aromatic rings. The van der Waals surface area contributed by atoms with Crippen LogP contribution in [0.4, 0.5) is 0 Å². The summed E-state index contributed by atoms with van der Waals surface area (Å²) in [4.78, 5) is 99.8. The van der Waals surface area contributed by atoms with Gasteiger partial charge in [-0.15, -0.1) is 0 Å². The quantitative estimate of drug-likeness (QED) is 0.0730. The van der Waals surface area contributed by atoms with Crippen LogP contribution in [0.15, 0.2) is 30.3 Å². The van der Waals surface area contributed by atoms with Crippen molar-refractivity contribution in [1.29, 1.82) is 0 Å². The number of carbonyl (C=O) groups excluding carboxylic acids is 6. The molecule has 1 saturated heterocycles. The fraction of sp³-hybridized carbons (Fsp3) is 0.533. The number of amides is 6. The molecule has 0 aliphatic carbocycles. The maximum Gasteiger partial charge on any atom is 0.326 e. The predicted molar refractivity (Wildman–Crippen MR) is 166 cm³/mol. The number of nitrogens with two attached hydrogens (primary N) is 1. The maximum absolute atomic E-state index is 13.4. The molecule has 1 fully saturated rings. The van der Waals surface area contributed by atoms with Crippen molar-refractivity contribution in [2.24, 2.45) is 11.7 Å². The number of nitrogens with zero attached hydrogens (tertiary/aromatic N) is 1. The lowest BCUT2D eigenvalue weighted by molar-refractivity contribution is -0.144. The Morgan fingerprint density at radius 2 is 1.54 bits per heavy atom. The number of rotatable bonds is 18. The van der Waals surface area contributed by atoms with Gasteiger partial charge in [-0.05, 0) is 24.3 Å². The van der Waals surface area contributed by atoms with Crippen LogP contribution in [0.5, 0.6) is 0 Å². The fourth-order valence-corrected chi connectivity index (χ4v) is 4.81. The van der Waals surface area contributed by atoms with E-state index in [2.05, 4.69) is 26.6 Å². The summed E-state index contributed by atoms with van der Waals surface area (Å²) in [7, 11) is 0. The molecule has 1 heterocycles. The average Bonchev–Trinajstić information content (AvgIpc) is 3.53. The molecule has 0 saturated carbocycles. The second-order valence-corrected chi connectivity index (χ2v) is 11.5. The Kier molecular flexibility index (Phi) is 15.4. The lowest BCUT2D eigenvalue weighted by atomic mass is 10.0. The second-order valence-electron chi connectivity index (χ2n) is 11.5. The van der Waals surface area contributed by atoms with Crippen LogP contribution in [-0.2, 0) is 44.8 Å². The number of aliphatic carboxylic acids is 2. The lowest BCUT2D eigenvalue weighted by Crippen LogP contribution is -2.57. The Morgan fingerprint density at radius 3 is 2.12 bits per heavy atom. The molecule has 48 heavy (non-hydrogen) atoms. The lowest BCUT2D eigenvalue weighted by Gasteiger charge is -2.27. The summed E-state index contributed by atoms with van der Waals surface area (Å²) in [6.07, 6.45) is 0.0789. The molecule has 0 spiro atoms. The normalized spacial score (nSPS) is 16.5. The van der Waals surface area contributed by atoms with Crippen molar-refractivity contribution < 1.29 is 53.7 Å². The van der Waals surface area contributed by atoms with Crippen molar-refractivity contribution in [3.8, 4) is 0 Å². The minimum Gasteiger partial charge on any atom is -0.481 e. The summed E-state index contributed by atoms with van der Waals surface area (Å²) in [6, 6.07) is 2.46. The first kappa shape index (κ1) is 39.1. The first-order valence-electron chi connectivity index (χ1n) is 15.2. The van der Waals surface area contributed by atoms with E-state index in [4.69, 9.17) is 10.8 Å². The smallest absolute Gasteiger partial charge is 0.326 e. The monoisotopic (exact) mass is 677 g/mol. The van der Waals surface area contributed by atoms with Gasteiger partial charge in [-0.1, -0.05) is 44.2 Å². The van der Waals surface area contributed by atoms with Crippen LogP contribution >= 0.6 is 0 Å². The number of hydrogen-bond acceptors (Lipinski definition) is 10. The van der Waals surface area contributed by atoms with Gasteiger partial charge in [0.1, 0.15) is 24.2 Å². The van der Waals surface area contributed by atoms with E-state index in [-0.39, 0.29) is 19.4 Å². The highest BCUT2D eigenvalue weighted by Gasteiger charge is 2.37. The van der Waals surface area contributed by atoms with Crippen LogP contribution < -0.4 is 32.3 Å². The summed E-state index contributed by atoms with van der Waals surface area (Å²) >= 11 is 0. The van der Waals surface area contributed by atoms with Crippen LogP contribution in [0.25, 0.3) is 0 Å². The van der Waals surface area contributed by atoms with Crippen molar-refractivity contribution in [2.45, 2.75) is 69.7 Å². The molecule has 18 nitrogen and oxygen atoms in total. The van der Waals surface area contributed by atoms with Gasteiger partial charge in [0, 0.05) is 13.0 Å². The van der Waals surface area contributed by atoms with E-state index >= 15 is 0 Å². The summed E-state index contributed by atoms with van der Waals surface area (Å²) < 4.78 is 0. The highest BCUT2D eigenvalue weighted by Crippen LogP contribution is 2.18. The van der Waals surface area contributed by atoms with Crippen molar-refractivity contribution in [1.82, 2.24) is 31.5 Å². The molecule has 0 bridgehead atoms. The zero-order valence-electron chi connectivity index (χ0n) is 26.6. The zero-order valence-corrected chi connectivity index (χ0v) is 26.6. The van der Waals surface area contributed by atoms with Crippen molar-refractivity contribution in [3.63, 3.8) is 0 Å². The van der Waals surface area contributed by atoms with E-state index in [0.717, 1.165) is 0 Å². The molecule has 6 amide bonds. The standard InChI is InChI=1S/C30H43N7O11/c1-16(2)25(30(47)48)36-28(45)19(11-17-7-4-3-5-8-17)34-29(46)21-9-6-10-37(21)23(40)14-32-22(39)13-33-27(44)20(15-38)35-26(43)18(31)12-24(41)42/h3-5,7-8,16,18-21,25,38H,6,9-15,31H2,1-2H3,(H,32,39)(H,33,44)(H,34,46)(H,35,43)(H,36,45)(H,41,42)(H,47,48)/t18-,19-,20-,21-,25-/m0/s1. The van der Waals surface area contributed by atoms with Crippen molar-refractivity contribution >= 4 is 47.4 Å². The van der Waals surface area contributed by atoms with Crippen molar-refractivity contribution in [2.75, 3.05) is 26.2 Å². The summed E-state index contributed by atoms with van der Waals surface area (Å²) in [5.41, 5.74) is 6.13. The number of hydrogen-bond donors (Lipinski definition) is 9. The Morgan fingerprint density at radius 1 is 0.875 bits per heavy atom. The largest absolute Gasteiger partial charge is 0.481 e. The van der Waals surface area contributed by atoms with Crippen LogP contribution in [0.3, 0.4) is 0 Å². The summed E-state index contributed by atoms with van der Waals surface area (Å²) in [5, 5.41) is 39.4. The molecule has 0 aromatic heterocycles. The molecule has 18 heteroatoms. The average molecular weight is 678 g/mol. The van der Waals surface area contributed by atoms with Gasteiger partial charge < -0.3 is 52.5 Å². The van der Waals surface area contributed by atoms with Crippen LogP contribution in [-0.4, -0.2) is 124 Å². The van der Waals surface area contributed by atoms with E-state index in [1.807, 2.05) is 0 Å². The van der Waals surface area contributed by atoms with Gasteiger partial charge in [-0.25, -0.2) is 4.79 Å². The molecular formula is C30H43N7O11. The molecule has 5 atom stereocenters. The number of carboxylic acids is 2. The van der Waals surface area contributed by atoms with Gasteiger partial charge >= 0.3 is 11.9 Å². The van der Waals surface area contributed by atoms with Crippen LogP contribution in [0.2, 0.25) is 0 Å². The van der Waals surface area contributed by atoms with Gasteiger partial charge in [0.05, 0.1) is 32.2 Å². The van der Waals surface area contributed by atoms with E-state index in [1.54, 1.807) is 44.2 Å². The number of aliphatic hydroxyl groups is 1. The van der Waals surface area contributed by atoms with E-state index in [9.17, 15) is 48.6 Å².